The van der Waals surface area contributed by atoms with Gasteiger partial charge in [0.15, 0.2) is 0 Å². The van der Waals surface area contributed by atoms with Crippen LogP contribution in [0.25, 0.3) is 0 Å². The van der Waals surface area contributed by atoms with Gasteiger partial charge in [-0.3, -0.25) is 0 Å². The van der Waals surface area contributed by atoms with Crippen molar-refractivity contribution in [3.05, 3.63) is 65.5 Å². The first-order valence-electron chi connectivity index (χ1n) is 5.85. The van der Waals surface area contributed by atoms with E-state index in [2.05, 4.69) is 36.5 Å². The van der Waals surface area contributed by atoms with Gasteiger partial charge < -0.3 is 5.32 Å². The van der Waals surface area contributed by atoms with E-state index in [1.807, 2.05) is 6.07 Å². The van der Waals surface area contributed by atoms with Gasteiger partial charge in [0.2, 0.25) is 0 Å². The molecule has 2 heteroatoms. The first kappa shape index (κ1) is 11.6. The maximum absolute atomic E-state index is 13.0. The summed E-state index contributed by atoms with van der Waals surface area (Å²) in [6.07, 6.45) is 1.05. The summed E-state index contributed by atoms with van der Waals surface area (Å²) in [6.45, 7) is 2.85. The van der Waals surface area contributed by atoms with Gasteiger partial charge in [-0.15, -0.1) is 0 Å². The van der Waals surface area contributed by atoms with Crippen LogP contribution in [0.15, 0.2) is 48.5 Å². The highest BCUT2D eigenvalue weighted by Gasteiger charge is 1.96. The molecule has 0 amide bonds. The van der Waals surface area contributed by atoms with Crippen LogP contribution in [0.1, 0.15) is 18.1 Å². The minimum absolute atomic E-state index is 0.212. The van der Waals surface area contributed by atoms with Gasteiger partial charge in [0.1, 0.15) is 5.82 Å². The van der Waals surface area contributed by atoms with Crippen LogP contribution in [0.5, 0.6) is 0 Å². The smallest absolute Gasteiger partial charge is 0.125 e. The number of rotatable bonds is 4. The number of hydrogen-bond acceptors (Lipinski definition) is 1. The summed E-state index contributed by atoms with van der Waals surface area (Å²) in [5.74, 6) is -0.212. The van der Waals surface area contributed by atoms with Gasteiger partial charge >= 0.3 is 0 Å². The summed E-state index contributed by atoms with van der Waals surface area (Å²) in [6, 6.07) is 15.0. The molecule has 0 atom stereocenters. The maximum atomic E-state index is 13.0. The van der Waals surface area contributed by atoms with Crippen LogP contribution in [0.3, 0.4) is 0 Å². The van der Waals surface area contributed by atoms with Crippen LogP contribution in [-0.4, -0.2) is 0 Å². The van der Waals surface area contributed by atoms with Crippen LogP contribution in [0.2, 0.25) is 0 Å². The average Bonchev–Trinajstić information content (AvgIpc) is 2.37. The lowest BCUT2D eigenvalue weighted by atomic mass is 10.1. The Bertz CT molecular complexity index is 477. The Balaban J connectivity index is 1.97. The molecule has 0 aliphatic rings. The highest BCUT2D eigenvalue weighted by molar-refractivity contribution is 5.43. The second-order valence-electron chi connectivity index (χ2n) is 4.03. The number of benzene rings is 2. The van der Waals surface area contributed by atoms with E-state index in [0.717, 1.165) is 12.1 Å². The van der Waals surface area contributed by atoms with Crippen molar-refractivity contribution in [3.8, 4) is 0 Å². The van der Waals surface area contributed by atoms with Crippen molar-refractivity contribution in [2.45, 2.75) is 19.9 Å². The van der Waals surface area contributed by atoms with Gasteiger partial charge in [-0.05, 0) is 35.7 Å². The van der Waals surface area contributed by atoms with Crippen molar-refractivity contribution in [1.29, 1.82) is 0 Å². The molecule has 0 fully saturated rings. The average molecular weight is 229 g/mol. The molecule has 88 valence electrons. The number of aryl methyl sites for hydroxylation is 1. The van der Waals surface area contributed by atoms with E-state index in [0.29, 0.717) is 6.54 Å². The monoisotopic (exact) mass is 229 g/mol. The Labute approximate surface area is 101 Å². The minimum atomic E-state index is -0.212. The summed E-state index contributed by atoms with van der Waals surface area (Å²) in [5, 5.41) is 3.20. The van der Waals surface area contributed by atoms with E-state index >= 15 is 0 Å². The highest BCUT2D eigenvalue weighted by atomic mass is 19.1. The third-order valence-electron chi connectivity index (χ3n) is 2.75. The van der Waals surface area contributed by atoms with Crippen molar-refractivity contribution >= 4 is 5.69 Å². The number of halogens is 1. The topological polar surface area (TPSA) is 12.0 Å². The minimum Gasteiger partial charge on any atom is -0.381 e. The van der Waals surface area contributed by atoms with Crippen molar-refractivity contribution in [2.24, 2.45) is 0 Å². The summed E-state index contributed by atoms with van der Waals surface area (Å²) in [7, 11) is 0. The third-order valence-corrected chi connectivity index (χ3v) is 2.75. The molecular formula is C15H16FN. The number of nitrogens with one attached hydrogen (secondary N) is 1. The molecule has 0 unspecified atom stereocenters. The predicted molar refractivity (Wildman–Crippen MR) is 69.5 cm³/mol. The fraction of sp³-hybridized carbons (Fsp3) is 0.200. The quantitative estimate of drug-likeness (QED) is 0.835. The van der Waals surface area contributed by atoms with Gasteiger partial charge in [0.05, 0.1) is 0 Å². The number of hydrogen-bond donors (Lipinski definition) is 1. The fourth-order valence-corrected chi connectivity index (χ4v) is 1.70. The standard InChI is InChI=1S/C15H16FN/c1-2-12-6-8-13(9-7-12)11-17-15-5-3-4-14(16)10-15/h3-10,17H,2,11H2,1H3. The fourth-order valence-electron chi connectivity index (χ4n) is 1.70. The first-order chi connectivity index (χ1) is 8.28. The van der Waals surface area contributed by atoms with E-state index < -0.39 is 0 Å². The summed E-state index contributed by atoms with van der Waals surface area (Å²) in [5.41, 5.74) is 3.34. The summed E-state index contributed by atoms with van der Waals surface area (Å²) >= 11 is 0. The Morgan fingerprint density at radius 3 is 2.35 bits per heavy atom. The second-order valence-corrected chi connectivity index (χ2v) is 4.03. The summed E-state index contributed by atoms with van der Waals surface area (Å²) < 4.78 is 13.0. The Morgan fingerprint density at radius 2 is 1.71 bits per heavy atom. The maximum Gasteiger partial charge on any atom is 0.125 e. The lowest BCUT2D eigenvalue weighted by molar-refractivity contribution is 0.628. The molecule has 2 rings (SSSR count). The largest absolute Gasteiger partial charge is 0.381 e. The molecule has 0 heterocycles. The van der Waals surface area contributed by atoms with E-state index in [9.17, 15) is 4.39 Å². The molecular weight excluding hydrogens is 213 g/mol. The molecule has 2 aromatic carbocycles. The van der Waals surface area contributed by atoms with Gasteiger partial charge in [-0.2, -0.15) is 0 Å². The molecule has 0 aliphatic heterocycles. The normalized spacial score (nSPS) is 10.2. The molecule has 0 aliphatic carbocycles. The second kappa shape index (κ2) is 5.48. The van der Waals surface area contributed by atoms with Crippen LogP contribution in [0, 0.1) is 5.82 Å². The van der Waals surface area contributed by atoms with Crippen molar-refractivity contribution < 1.29 is 4.39 Å². The Kier molecular flexibility index (Phi) is 3.76. The molecule has 1 nitrogen and oxygen atoms in total. The van der Waals surface area contributed by atoms with E-state index in [4.69, 9.17) is 0 Å². The van der Waals surface area contributed by atoms with Gasteiger partial charge in [-0.25, -0.2) is 4.39 Å². The number of anilines is 1. The Hall–Kier alpha value is -1.83. The van der Waals surface area contributed by atoms with Crippen LogP contribution >= 0.6 is 0 Å². The molecule has 0 saturated carbocycles. The van der Waals surface area contributed by atoms with Gasteiger partial charge in [0.25, 0.3) is 0 Å². The molecule has 0 aromatic heterocycles. The van der Waals surface area contributed by atoms with Gasteiger partial charge in [-0.1, -0.05) is 37.3 Å². The first-order valence-corrected chi connectivity index (χ1v) is 5.85. The van der Waals surface area contributed by atoms with Crippen molar-refractivity contribution in [1.82, 2.24) is 0 Å². The molecule has 2 aromatic rings. The van der Waals surface area contributed by atoms with Gasteiger partial charge in [0, 0.05) is 12.2 Å². The van der Waals surface area contributed by atoms with Crippen LogP contribution < -0.4 is 5.32 Å². The summed E-state index contributed by atoms with van der Waals surface area (Å²) in [4.78, 5) is 0. The third kappa shape index (κ3) is 3.31. The lowest BCUT2D eigenvalue weighted by Gasteiger charge is -2.07. The molecule has 0 bridgehead atoms. The van der Waals surface area contributed by atoms with E-state index in [1.54, 1.807) is 6.07 Å². The zero-order chi connectivity index (χ0) is 12.1. The molecule has 0 radical (unpaired) electrons. The molecule has 0 saturated heterocycles. The van der Waals surface area contributed by atoms with Crippen LogP contribution in [-0.2, 0) is 13.0 Å². The zero-order valence-electron chi connectivity index (χ0n) is 9.91. The van der Waals surface area contributed by atoms with Crippen molar-refractivity contribution in [3.63, 3.8) is 0 Å². The SMILES string of the molecule is CCc1ccc(CNc2cccc(F)c2)cc1. The lowest BCUT2D eigenvalue weighted by Crippen LogP contribution is -1.99. The zero-order valence-corrected chi connectivity index (χ0v) is 9.91. The highest BCUT2D eigenvalue weighted by Crippen LogP contribution is 2.11. The van der Waals surface area contributed by atoms with E-state index in [1.165, 1.54) is 23.3 Å². The molecule has 1 N–H and O–H groups in total. The Morgan fingerprint density at radius 1 is 1.00 bits per heavy atom. The van der Waals surface area contributed by atoms with E-state index in [-0.39, 0.29) is 5.82 Å². The van der Waals surface area contributed by atoms with Crippen molar-refractivity contribution in [2.75, 3.05) is 5.32 Å². The predicted octanol–water partition coefficient (Wildman–Crippen LogP) is 4.00. The molecule has 17 heavy (non-hydrogen) atoms. The molecule has 0 spiro atoms. The van der Waals surface area contributed by atoms with Crippen LogP contribution in [0.4, 0.5) is 10.1 Å².